The van der Waals surface area contributed by atoms with Crippen LogP contribution in [-0.2, 0) is 4.79 Å². The molecule has 0 unspecified atom stereocenters. The summed E-state index contributed by atoms with van der Waals surface area (Å²) in [7, 11) is 0. The standard InChI is InChI=1S/C24H14Cl5F2N3O2/c1-2-14-17(30)9-32-21(20(14)31)34-22(35)15-8-13(3-4-16(15)27)33-23(36)19-18(24(19,28)29)10-5-11(25)7-12(26)6-10/h2-9,18-19H,1H2,(H,33,36)(H,32,34,35)/t18-,19+/m1/s1. The van der Waals surface area contributed by atoms with Gasteiger partial charge in [0.15, 0.2) is 17.5 Å². The lowest BCUT2D eigenvalue weighted by molar-refractivity contribution is -0.117. The Kier molecular flexibility index (Phi) is 7.51. The van der Waals surface area contributed by atoms with Crippen LogP contribution in [0.3, 0.4) is 0 Å². The van der Waals surface area contributed by atoms with E-state index in [1.54, 1.807) is 18.2 Å². The second kappa shape index (κ2) is 10.1. The third kappa shape index (κ3) is 5.17. The van der Waals surface area contributed by atoms with Gasteiger partial charge in [-0.15, -0.1) is 23.2 Å². The Morgan fingerprint density at radius 1 is 1.03 bits per heavy atom. The second-order valence-corrected chi connectivity index (χ2v) is 10.6. The number of benzene rings is 2. The first kappa shape index (κ1) is 26.6. The summed E-state index contributed by atoms with van der Waals surface area (Å²) in [6, 6.07) is 8.89. The van der Waals surface area contributed by atoms with Gasteiger partial charge in [0.1, 0.15) is 4.33 Å². The van der Waals surface area contributed by atoms with Gasteiger partial charge in [-0.25, -0.2) is 13.8 Å². The highest BCUT2D eigenvalue weighted by atomic mass is 35.5. The van der Waals surface area contributed by atoms with Crippen molar-refractivity contribution in [1.29, 1.82) is 0 Å². The minimum Gasteiger partial charge on any atom is -0.326 e. The minimum absolute atomic E-state index is 0.0128. The number of nitrogens with one attached hydrogen (secondary N) is 2. The lowest BCUT2D eigenvalue weighted by Gasteiger charge is -2.11. The van der Waals surface area contributed by atoms with Crippen LogP contribution in [0.5, 0.6) is 0 Å². The number of carbonyl (C=O) groups is 2. The molecule has 0 aliphatic heterocycles. The van der Waals surface area contributed by atoms with E-state index in [4.69, 9.17) is 58.0 Å². The summed E-state index contributed by atoms with van der Waals surface area (Å²) >= 11 is 31.0. The number of pyridine rings is 1. The van der Waals surface area contributed by atoms with Gasteiger partial charge >= 0.3 is 0 Å². The van der Waals surface area contributed by atoms with E-state index in [1.165, 1.54) is 18.2 Å². The van der Waals surface area contributed by atoms with Gasteiger partial charge in [0.05, 0.1) is 28.3 Å². The van der Waals surface area contributed by atoms with E-state index in [0.29, 0.717) is 15.6 Å². The van der Waals surface area contributed by atoms with Gasteiger partial charge in [-0.05, 0) is 42.0 Å². The van der Waals surface area contributed by atoms with E-state index in [-0.39, 0.29) is 16.3 Å². The Bertz CT molecular complexity index is 1400. The summed E-state index contributed by atoms with van der Waals surface area (Å²) in [5.41, 5.74) is 0.254. The molecular weight excluding hydrogens is 578 g/mol. The van der Waals surface area contributed by atoms with E-state index in [0.717, 1.165) is 12.3 Å². The number of aromatic nitrogens is 1. The van der Waals surface area contributed by atoms with Crippen LogP contribution >= 0.6 is 58.0 Å². The molecule has 0 saturated heterocycles. The largest absolute Gasteiger partial charge is 0.326 e. The summed E-state index contributed by atoms with van der Waals surface area (Å²) in [5, 5.41) is 5.63. The van der Waals surface area contributed by atoms with Gasteiger partial charge in [-0.2, -0.15) is 0 Å². The maximum atomic E-state index is 14.4. The number of nitrogens with zero attached hydrogens (tertiary/aromatic N) is 1. The van der Waals surface area contributed by atoms with Crippen LogP contribution in [0.15, 0.2) is 49.2 Å². The predicted octanol–water partition coefficient (Wildman–Crippen LogP) is 7.74. The molecule has 1 saturated carbocycles. The van der Waals surface area contributed by atoms with Crippen molar-refractivity contribution in [3.63, 3.8) is 0 Å². The Balaban J connectivity index is 1.53. The van der Waals surface area contributed by atoms with Crippen LogP contribution in [0.1, 0.15) is 27.4 Å². The molecule has 1 aromatic heterocycles. The van der Waals surface area contributed by atoms with Crippen molar-refractivity contribution in [2.45, 2.75) is 10.3 Å². The van der Waals surface area contributed by atoms with Gasteiger partial charge in [-0.1, -0.05) is 47.5 Å². The highest BCUT2D eigenvalue weighted by molar-refractivity contribution is 6.53. The van der Waals surface area contributed by atoms with Crippen molar-refractivity contribution < 1.29 is 18.4 Å². The average molecular weight is 592 g/mol. The van der Waals surface area contributed by atoms with Crippen LogP contribution in [-0.4, -0.2) is 21.1 Å². The van der Waals surface area contributed by atoms with Crippen molar-refractivity contribution in [2.75, 3.05) is 10.6 Å². The molecule has 0 spiro atoms. The van der Waals surface area contributed by atoms with Crippen LogP contribution in [0.25, 0.3) is 6.08 Å². The number of hydrogen-bond acceptors (Lipinski definition) is 3. The zero-order valence-corrected chi connectivity index (χ0v) is 21.7. The second-order valence-electron chi connectivity index (χ2n) is 7.86. The Labute approximate surface area is 229 Å². The molecule has 1 heterocycles. The van der Waals surface area contributed by atoms with E-state index >= 15 is 0 Å². The molecule has 3 aromatic rings. The maximum Gasteiger partial charge on any atom is 0.258 e. The highest BCUT2D eigenvalue weighted by Gasteiger charge is 2.67. The SMILES string of the molecule is C=Cc1c(F)cnc(NC(=O)c2cc(NC(=O)[C@@H]3[C@@H](c4cc(Cl)cc(Cl)c4)C3(Cl)Cl)ccc2Cl)c1F. The normalized spacial score (nSPS) is 17.9. The van der Waals surface area contributed by atoms with Gasteiger partial charge in [0.25, 0.3) is 5.91 Å². The first-order valence-corrected chi connectivity index (χ1v) is 12.0. The van der Waals surface area contributed by atoms with E-state index in [2.05, 4.69) is 22.2 Å². The summed E-state index contributed by atoms with van der Waals surface area (Å²) in [6.07, 6.45) is 1.71. The number of carbonyl (C=O) groups excluding carboxylic acids is 2. The number of halogens is 7. The van der Waals surface area contributed by atoms with Crippen molar-refractivity contribution >= 4 is 87.4 Å². The van der Waals surface area contributed by atoms with Crippen molar-refractivity contribution in [3.8, 4) is 0 Å². The molecule has 4 rings (SSSR count). The zero-order chi connectivity index (χ0) is 26.4. The first-order valence-electron chi connectivity index (χ1n) is 10.2. The van der Waals surface area contributed by atoms with Crippen molar-refractivity contribution in [2.24, 2.45) is 5.92 Å². The lowest BCUT2D eigenvalue weighted by Crippen LogP contribution is -2.19. The molecule has 2 N–H and O–H groups in total. The molecule has 1 fully saturated rings. The van der Waals surface area contributed by atoms with E-state index in [9.17, 15) is 18.4 Å². The van der Waals surface area contributed by atoms with Gasteiger partial charge in [0, 0.05) is 21.7 Å². The van der Waals surface area contributed by atoms with E-state index < -0.39 is 51.0 Å². The molecule has 2 atom stereocenters. The molecule has 36 heavy (non-hydrogen) atoms. The fraction of sp³-hybridized carbons (Fsp3) is 0.125. The molecule has 2 amide bonds. The van der Waals surface area contributed by atoms with Crippen LogP contribution in [0.4, 0.5) is 20.3 Å². The van der Waals surface area contributed by atoms with Gasteiger partial charge in [-0.3, -0.25) is 9.59 Å². The average Bonchev–Trinajstić information content (AvgIpc) is 3.38. The summed E-state index contributed by atoms with van der Waals surface area (Å²) < 4.78 is 26.7. The molecule has 2 aromatic carbocycles. The molecule has 0 bridgehead atoms. The van der Waals surface area contributed by atoms with Crippen LogP contribution in [0.2, 0.25) is 15.1 Å². The lowest BCUT2D eigenvalue weighted by atomic mass is 10.1. The minimum atomic E-state index is -1.40. The van der Waals surface area contributed by atoms with Crippen LogP contribution < -0.4 is 10.6 Å². The quantitative estimate of drug-likeness (QED) is 0.288. The molecule has 5 nitrogen and oxygen atoms in total. The monoisotopic (exact) mass is 589 g/mol. The summed E-state index contributed by atoms with van der Waals surface area (Å²) in [4.78, 5) is 29.3. The summed E-state index contributed by atoms with van der Waals surface area (Å²) in [5.74, 6) is -5.31. The summed E-state index contributed by atoms with van der Waals surface area (Å²) in [6.45, 7) is 3.33. The molecule has 0 radical (unpaired) electrons. The first-order chi connectivity index (χ1) is 16.9. The smallest absolute Gasteiger partial charge is 0.258 e. The van der Waals surface area contributed by atoms with E-state index in [1.807, 2.05) is 0 Å². The fourth-order valence-electron chi connectivity index (χ4n) is 3.75. The predicted molar refractivity (Wildman–Crippen MR) is 139 cm³/mol. The fourth-order valence-corrected chi connectivity index (χ4v) is 5.32. The number of hydrogen-bond donors (Lipinski definition) is 2. The third-order valence-electron chi connectivity index (χ3n) is 5.50. The van der Waals surface area contributed by atoms with Gasteiger partial charge < -0.3 is 10.6 Å². The maximum absolute atomic E-state index is 14.4. The topological polar surface area (TPSA) is 71.1 Å². The molecule has 186 valence electrons. The molecule has 1 aliphatic carbocycles. The Morgan fingerprint density at radius 2 is 1.69 bits per heavy atom. The number of alkyl halides is 2. The van der Waals surface area contributed by atoms with Gasteiger partial charge in [0.2, 0.25) is 5.91 Å². The number of rotatable bonds is 6. The Morgan fingerprint density at radius 3 is 2.33 bits per heavy atom. The molecule has 12 heteroatoms. The number of anilines is 2. The molecular formula is C24H14Cl5F2N3O2. The van der Waals surface area contributed by atoms with Crippen LogP contribution in [0, 0.1) is 17.6 Å². The van der Waals surface area contributed by atoms with Crippen molar-refractivity contribution in [1.82, 2.24) is 4.98 Å². The highest BCUT2D eigenvalue weighted by Crippen LogP contribution is 2.65. The third-order valence-corrected chi connectivity index (χ3v) is 7.21. The molecule has 1 aliphatic rings. The Hall–Kier alpha value is -2.42. The zero-order valence-electron chi connectivity index (χ0n) is 17.9. The van der Waals surface area contributed by atoms with Crippen molar-refractivity contribution in [3.05, 3.63) is 92.6 Å². The number of amides is 2.